The third-order valence-corrected chi connectivity index (χ3v) is 5.28. The van der Waals surface area contributed by atoms with E-state index in [1.54, 1.807) is 0 Å². The number of carbonyl (C=O) groups is 2. The van der Waals surface area contributed by atoms with Crippen LogP contribution in [-0.4, -0.2) is 28.8 Å². The van der Waals surface area contributed by atoms with Crippen molar-refractivity contribution in [2.75, 3.05) is 5.75 Å². The van der Waals surface area contributed by atoms with Gasteiger partial charge in [0.25, 0.3) is 5.91 Å². The van der Waals surface area contributed by atoms with Gasteiger partial charge in [-0.2, -0.15) is 11.8 Å². The highest BCUT2D eigenvalue weighted by molar-refractivity contribution is 7.98. The molecule has 0 bridgehead atoms. The molecule has 1 aromatic rings. The van der Waals surface area contributed by atoms with E-state index < -0.39 is 12.0 Å². The third-order valence-electron chi connectivity index (χ3n) is 3.03. The van der Waals surface area contributed by atoms with Crippen molar-refractivity contribution >= 4 is 35.0 Å². The number of hydrogen-bond acceptors (Lipinski definition) is 4. The maximum Gasteiger partial charge on any atom is 0.326 e. The number of aliphatic carboxylic acids is 1. The number of amides is 1. The monoisotopic (exact) mass is 299 g/mol. The van der Waals surface area contributed by atoms with E-state index in [0.29, 0.717) is 11.3 Å². The Morgan fingerprint density at radius 3 is 2.95 bits per heavy atom. The van der Waals surface area contributed by atoms with Gasteiger partial charge in [-0.3, -0.25) is 4.79 Å². The van der Waals surface area contributed by atoms with E-state index in [1.807, 2.05) is 24.8 Å². The van der Waals surface area contributed by atoms with E-state index in [0.717, 1.165) is 24.3 Å². The van der Waals surface area contributed by atoms with E-state index in [1.165, 1.54) is 21.8 Å². The molecule has 2 rings (SSSR count). The van der Waals surface area contributed by atoms with E-state index in [2.05, 4.69) is 5.32 Å². The van der Waals surface area contributed by atoms with E-state index in [9.17, 15) is 9.59 Å². The van der Waals surface area contributed by atoms with E-state index in [-0.39, 0.29) is 5.91 Å². The van der Waals surface area contributed by atoms with Crippen molar-refractivity contribution in [2.24, 2.45) is 0 Å². The Hall–Kier alpha value is -1.01. The molecule has 1 aliphatic heterocycles. The first-order valence-corrected chi connectivity index (χ1v) is 8.32. The molecule has 2 heterocycles. The van der Waals surface area contributed by atoms with Crippen molar-refractivity contribution in [1.82, 2.24) is 5.32 Å². The molecule has 4 nitrogen and oxygen atoms in total. The van der Waals surface area contributed by atoms with Crippen LogP contribution < -0.4 is 5.32 Å². The van der Waals surface area contributed by atoms with Crippen LogP contribution in [0.5, 0.6) is 0 Å². The molecule has 6 heteroatoms. The topological polar surface area (TPSA) is 66.4 Å². The van der Waals surface area contributed by atoms with Crippen LogP contribution in [0, 0.1) is 0 Å². The number of rotatable bonds is 5. The van der Waals surface area contributed by atoms with Gasteiger partial charge >= 0.3 is 5.97 Å². The average molecular weight is 299 g/mol. The number of carboxylic acid groups (broad SMARTS) is 1. The summed E-state index contributed by atoms with van der Waals surface area (Å²) >= 11 is 3.37. The van der Waals surface area contributed by atoms with E-state index in [4.69, 9.17) is 5.11 Å². The summed E-state index contributed by atoms with van der Waals surface area (Å²) in [6, 6.07) is 1.12. The number of fused-ring (bicyclic) bond motifs is 1. The molecule has 0 fully saturated rings. The van der Waals surface area contributed by atoms with Gasteiger partial charge in [0.1, 0.15) is 6.04 Å². The Morgan fingerprint density at radius 1 is 1.53 bits per heavy atom. The minimum Gasteiger partial charge on any atom is -0.480 e. The van der Waals surface area contributed by atoms with Gasteiger partial charge in [0.15, 0.2) is 0 Å². The normalized spacial score (nSPS) is 15.6. The molecule has 104 valence electrons. The van der Waals surface area contributed by atoms with Crippen molar-refractivity contribution in [1.29, 1.82) is 0 Å². The number of aryl methyl sites for hydroxylation is 1. The lowest BCUT2D eigenvalue weighted by molar-refractivity contribution is -0.139. The fourth-order valence-electron chi connectivity index (χ4n) is 2.03. The SMILES string of the molecule is CCC[C@H](NC(=O)c1cc2c(s1)CCSC2)C(=O)O. The van der Waals surface area contributed by atoms with Gasteiger partial charge in [0.2, 0.25) is 0 Å². The largest absolute Gasteiger partial charge is 0.480 e. The molecule has 1 amide bonds. The minimum atomic E-state index is -0.966. The number of carbonyl (C=O) groups excluding carboxylic acids is 1. The Labute approximate surface area is 120 Å². The number of hydrogen-bond donors (Lipinski definition) is 2. The lowest BCUT2D eigenvalue weighted by Crippen LogP contribution is -2.40. The van der Waals surface area contributed by atoms with Crippen molar-refractivity contribution in [3.05, 3.63) is 21.4 Å². The molecular formula is C13H17NO3S2. The second-order valence-corrected chi connectivity index (χ2v) is 6.76. The lowest BCUT2D eigenvalue weighted by atomic mass is 10.1. The van der Waals surface area contributed by atoms with Crippen LogP contribution in [0.2, 0.25) is 0 Å². The van der Waals surface area contributed by atoms with Crippen molar-refractivity contribution in [3.63, 3.8) is 0 Å². The molecular weight excluding hydrogens is 282 g/mol. The summed E-state index contributed by atoms with van der Waals surface area (Å²) in [6.45, 7) is 1.91. The van der Waals surface area contributed by atoms with Gasteiger partial charge in [0, 0.05) is 10.6 Å². The Balaban J connectivity index is 2.06. The van der Waals surface area contributed by atoms with Crippen molar-refractivity contribution in [2.45, 2.75) is 38.0 Å². The predicted octanol–water partition coefficient (Wildman–Crippen LogP) is 2.52. The maximum atomic E-state index is 12.1. The van der Waals surface area contributed by atoms with Gasteiger partial charge in [-0.1, -0.05) is 13.3 Å². The van der Waals surface area contributed by atoms with E-state index >= 15 is 0 Å². The summed E-state index contributed by atoms with van der Waals surface area (Å²) in [5, 5.41) is 11.7. The van der Waals surface area contributed by atoms with Crippen LogP contribution in [0.4, 0.5) is 0 Å². The summed E-state index contributed by atoms with van der Waals surface area (Å²) in [6.07, 6.45) is 2.20. The molecule has 0 saturated carbocycles. The zero-order chi connectivity index (χ0) is 13.8. The van der Waals surface area contributed by atoms with Gasteiger partial charge in [-0.25, -0.2) is 4.79 Å². The van der Waals surface area contributed by atoms with Gasteiger partial charge in [-0.15, -0.1) is 11.3 Å². The lowest BCUT2D eigenvalue weighted by Gasteiger charge is -2.12. The first kappa shape index (κ1) is 14.4. The molecule has 1 aliphatic rings. The van der Waals surface area contributed by atoms with Crippen LogP contribution >= 0.6 is 23.1 Å². The number of thioether (sulfide) groups is 1. The predicted molar refractivity (Wildman–Crippen MR) is 78.0 cm³/mol. The molecule has 1 aromatic heterocycles. The van der Waals surface area contributed by atoms with Crippen molar-refractivity contribution < 1.29 is 14.7 Å². The van der Waals surface area contributed by atoms with Crippen LogP contribution in [0.15, 0.2) is 6.07 Å². The summed E-state index contributed by atoms with van der Waals surface area (Å²) in [5.41, 5.74) is 1.23. The molecule has 19 heavy (non-hydrogen) atoms. The second-order valence-electron chi connectivity index (χ2n) is 4.51. The van der Waals surface area contributed by atoms with Crippen LogP contribution in [0.3, 0.4) is 0 Å². The van der Waals surface area contributed by atoms with Crippen LogP contribution in [0.25, 0.3) is 0 Å². The van der Waals surface area contributed by atoms with Crippen LogP contribution in [0.1, 0.15) is 39.9 Å². The fourth-order valence-corrected chi connectivity index (χ4v) is 4.31. The van der Waals surface area contributed by atoms with Crippen molar-refractivity contribution in [3.8, 4) is 0 Å². The number of thiophene rings is 1. The van der Waals surface area contributed by atoms with Crippen LogP contribution in [-0.2, 0) is 17.0 Å². The highest BCUT2D eigenvalue weighted by atomic mass is 32.2. The Kier molecular flexibility index (Phi) is 4.87. The average Bonchev–Trinajstić information content (AvgIpc) is 2.81. The maximum absolute atomic E-state index is 12.1. The number of nitrogens with one attached hydrogen (secondary N) is 1. The molecule has 2 N–H and O–H groups in total. The first-order chi connectivity index (χ1) is 9.11. The zero-order valence-corrected chi connectivity index (χ0v) is 12.4. The Bertz CT molecular complexity index is 461. The first-order valence-electron chi connectivity index (χ1n) is 6.34. The molecule has 0 unspecified atom stereocenters. The smallest absolute Gasteiger partial charge is 0.326 e. The third kappa shape index (κ3) is 3.51. The molecule has 0 saturated heterocycles. The molecule has 0 aliphatic carbocycles. The quantitative estimate of drug-likeness (QED) is 0.877. The number of carboxylic acids is 1. The minimum absolute atomic E-state index is 0.259. The molecule has 1 atom stereocenters. The summed E-state index contributed by atoms with van der Waals surface area (Å²) in [7, 11) is 0. The second kappa shape index (κ2) is 6.43. The Morgan fingerprint density at radius 2 is 2.32 bits per heavy atom. The summed E-state index contributed by atoms with van der Waals surface area (Å²) in [4.78, 5) is 25.0. The summed E-state index contributed by atoms with van der Waals surface area (Å²) in [5.74, 6) is 0.829. The highest BCUT2D eigenvalue weighted by Gasteiger charge is 2.22. The molecule has 0 radical (unpaired) electrons. The fraction of sp³-hybridized carbons (Fsp3) is 0.538. The summed E-state index contributed by atoms with van der Waals surface area (Å²) < 4.78 is 0. The van der Waals surface area contributed by atoms with Gasteiger partial charge in [0.05, 0.1) is 4.88 Å². The van der Waals surface area contributed by atoms with Gasteiger partial charge in [-0.05, 0) is 30.2 Å². The standard InChI is InChI=1S/C13H17NO3S2/c1-2-3-9(13(16)17)14-12(15)11-6-8-7-18-5-4-10(8)19-11/h6,9H,2-5,7H2,1H3,(H,14,15)(H,16,17)/t9-/m0/s1. The molecule has 0 aromatic carbocycles. The highest BCUT2D eigenvalue weighted by Crippen LogP contribution is 2.31. The van der Waals surface area contributed by atoms with Gasteiger partial charge < -0.3 is 10.4 Å². The zero-order valence-electron chi connectivity index (χ0n) is 10.8. The molecule has 0 spiro atoms.